The maximum atomic E-state index is 12.9. The Morgan fingerprint density at radius 1 is 1.18 bits per heavy atom. The summed E-state index contributed by atoms with van der Waals surface area (Å²) in [7, 11) is 0. The van der Waals surface area contributed by atoms with Gasteiger partial charge in [-0.1, -0.05) is 0 Å². The molecule has 7 nitrogen and oxygen atoms in total. The highest BCUT2D eigenvalue weighted by atomic mass is 19.4. The van der Waals surface area contributed by atoms with Crippen LogP contribution in [0.4, 0.5) is 26.3 Å². The number of amides is 1. The summed E-state index contributed by atoms with van der Waals surface area (Å²) in [4.78, 5) is 12.5. The fourth-order valence-electron chi connectivity index (χ4n) is 3.70. The highest BCUT2D eigenvalue weighted by Gasteiger charge is 2.33. The molecule has 0 saturated heterocycles. The van der Waals surface area contributed by atoms with Crippen molar-refractivity contribution in [2.45, 2.75) is 43.9 Å². The molecular formula is C20H20F6N4O3. The average Bonchev–Trinajstić information content (AvgIpc) is 3.28. The average molecular weight is 478 g/mol. The zero-order valence-corrected chi connectivity index (χ0v) is 17.1. The number of nitrogens with zero attached hydrogens (tertiary/aromatic N) is 2. The number of carbonyl (C=O) groups excluding carboxylic acids is 1. The monoisotopic (exact) mass is 478 g/mol. The second-order valence-electron chi connectivity index (χ2n) is 7.88. The Hall–Kier alpha value is -2.96. The quantitative estimate of drug-likeness (QED) is 0.493. The van der Waals surface area contributed by atoms with E-state index in [0.29, 0.717) is 23.6 Å². The van der Waals surface area contributed by atoms with E-state index in [1.165, 1.54) is 16.8 Å². The molecule has 1 unspecified atom stereocenters. The number of hydrogen-bond acceptors (Lipinski definition) is 5. The van der Waals surface area contributed by atoms with Crippen LogP contribution in [0.15, 0.2) is 24.3 Å². The van der Waals surface area contributed by atoms with Crippen molar-refractivity contribution >= 4 is 5.91 Å². The smallest absolute Gasteiger partial charge is 0.416 e. The van der Waals surface area contributed by atoms with Crippen LogP contribution in [0.1, 0.15) is 28.0 Å². The van der Waals surface area contributed by atoms with Crippen molar-refractivity contribution in [3.8, 4) is 11.6 Å². The van der Waals surface area contributed by atoms with Crippen molar-refractivity contribution in [1.29, 1.82) is 0 Å². The van der Waals surface area contributed by atoms with Gasteiger partial charge in [-0.05, 0) is 43.1 Å². The van der Waals surface area contributed by atoms with Crippen LogP contribution < -0.4 is 20.1 Å². The molecule has 2 atom stereocenters. The van der Waals surface area contributed by atoms with E-state index in [2.05, 4.69) is 15.7 Å². The van der Waals surface area contributed by atoms with Gasteiger partial charge in [-0.2, -0.15) is 31.4 Å². The largest absolute Gasteiger partial charge is 0.491 e. The fraction of sp³-hybridized carbons (Fsp3) is 0.500. The first-order valence-corrected chi connectivity index (χ1v) is 10.1. The van der Waals surface area contributed by atoms with Crippen LogP contribution in [0, 0.1) is 0 Å². The highest BCUT2D eigenvalue weighted by Crippen LogP contribution is 2.34. The van der Waals surface area contributed by atoms with Crippen LogP contribution in [-0.4, -0.2) is 53.7 Å². The molecule has 2 N–H and O–H groups in total. The van der Waals surface area contributed by atoms with Crippen LogP contribution in [0.3, 0.4) is 0 Å². The lowest BCUT2D eigenvalue weighted by Crippen LogP contribution is -2.43. The zero-order chi connectivity index (χ0) is 23.8. The molecule has 33 heavy (non-hydrogen) atoms. The van der Waals surface area contributed by atoms with Crippen molar-refractivity contribution in [1.82, 2.24) is 20.4 Å². The van der Waals surface area contributed by atoms with Gasteiger partial charge in [0.05, 0.1) is 24.7 Å². The molecule has 13 heteroatoms. The van der Waals surface area contributed by atoms with Gasteiger partial charge in [-0.15, -0.1) is 0 Å². The van der Waals surface area contributed by atoms with Crippen LogP contribution in [0.25, 0.3) is 0 Å². The molecule has 0 bridgehead atoms. The van der Waals surface area contributed by atoms with Gasteiger partial charge < -0.3 is 20.1 Å². The molecule has 2 aliphatic rings. The van der Waals surface area contributed by atoms with Crippen molar-refractivity contribution in [2.24, 2.45) is 0 Å². The van der Waals surface area contributed by atoms with Gasteiger partial charge in [0, 0.05) is 6.07 Å². The maximum Gasteiger partial charge on any atom is 0.416 e. The zero-order valence-electron chi connectivity index (χ0n) is 17.1. The first-order valence-electron chi connectivity index (χ1n) is 10.1. The first kappa shape index (κ1) is 23.2. The molecule has 1 amide bonds. The lowest BCUT2D eigenvalue weighted by Gasteiger charge is -2.26. The second kappa shape index (κ2) is 8.76. The molecule has 0 spiro atoms. The fourth-order valence-corrected chi connectivity index (χ4v) is 3.70. The second-order valence-corrected chi connectivity index (χ2v) is 7.88. The summed E-state index contributed by atoms with van der Waals surface area (Å²) in [5.74, 6) is 0.132. The van der Waals surface area contributed by atoms with Crippen LogP contribution >= 0.6 is 0 Å². The molecule has 1 aromatic heterocycles. The van der Waals surface area contributed by atoms with E-state index in [4.69, 9.17) is 9.47 Å². The third-order valence-electron chi connectivity index (χ3n) is 5.24. The SMILES string of the molecule is O=C(N[C@H]1COc2ccc(C(F)(F)F)cc2C1)c1cc2n(n1)CC(CCNCC(F)(F)F)O2. The van der Waals surface area contributed by atoms with Crippen molar-refractivity contribution in [2.75, 3.05) is 19.7 Å². The number of carbonyl (C=O) groups is 1. The highest BCUT2D eigenvalue weighted by molar-refractivity contribution is 5.92. The Labute approximate surface area is 184 Å². The number of fused-ring (bicyclic) bond motifs is 2. The summed E-state index contributed by atoms with van der Waals surface area (Å²) >= 11 is 0. The van der Waals surface area contributed by atoms with Crippen molar-refractivity contribution in [3.63, 3.8) is 0 Å². The predicted octanol–water partition coefficient (Wildman–Crippen LogP) is 2.94. The van der Waals surface area contributed by atoms with E-state index < -0.39 is 36.4 Å². The minimum atomic E-state index is -4.48. The number of ether oxygens (including phenoxy) is 2. The number of rotatable bonds is 6. The van der Waals surface area contributed by atoms with Gasteiger partial charge in [0.1, 0.15) is 18.5 Å². The third kappa shape index (κ3) is 5.70. The summed E-state index contributed by atoms with van der Waals surface area (Å²) in [6, 6.07) is 4.10. The van der Waals surface area contributed by atoms with Gasteiger partial charge in [-0.3, -0.25) is 4.79 Å². The molecule has 2 aliphatic heterocycles. The standard InChI is InChI=1S/C20H20F6N4O3/c21-19(22,23)10-27-4-3-14-8-30-17(33-14)7-15(29-30)18(31)28-13-6-11-5-12(20(24,25)26)1-2-16(11)32-9-13/h1-2,5,7,13-14,27H,3-4,6,8-10H2,(H,28,31)/t13-,14?/m1/s1. The van der Waals surface area contributed by atoms with E-state index in [0.717, 1.165) is 12.1 Å². The molecular weight excluding hydrogens is 458 g/mol. The van der Waals surface area contributed by atoms with Crippen LogP contribution in [0.5, 0.6) is 11.6 Å². The van der Waals surface area contributed by atoms with Gasteiger partial charge in [0.25, 0.3) is 5.91 Å². The molecule has 0 aliphatic carbocycles. The number of aromatic nitrogens is 2. The number of benzene rings is 1. The van der Waals surface area contributed by atoms with E-state index in [1.807, 2.05) is 0 Å². The molecule has 180 valence electrons. The Kier molecular flexibility index (Phi) is 6.16. The summed E-state index contributed by atoms with van der Waals surface area (Å²) in [5.41, 5.74) is -0.379. The summed E-state index contributed by atoms with van der Waals surface area (Å²) in [6.07, 6.45) is -8.62. The number of nitrogens with one attached hydrogen (secondary N) is 2. The normalized spacial score (nSPS) is 19.9. The van der Waals surface area contributed by atoms with Gasteiger partial charge in [0.2, 0.25) is 5.88 Å². The molecule has 1 aromatic carbocycles. The van der Waals surface area contributed by atoms with Crippen LogP contribution in [0.2, 0.25) is 0 Å². The van der Waals surface area contributed by atoms with Crippen molar-refractivity contribution < 1.29 is 40.6 Å². The topological polar surface area (TPSA) is 77.4 Å². The molecule has 3 heterocycles. The van der Waals surface area contributed by atoms with Gasteiger partial charge in [-0.25, -0.2) is 4.68 Å². The molecule has 0 fully saturated rings. The van der Waals surface area contributed by atoms with E-state index in [9.17, 15) is 31.1 Å². The molecule has 0 radical (unpaired) electrons. The van der Waals surface area contributed by atoms with Gasteiger partial charge >= 0.3 is 12.4 Å². The molecule has 2 aromatic rings. The van der Waals surface area contributed by atoms with E-state index >= 15 is 0 Å². The third-order valence-corrected chi connectivity index (χ3v) is 5.24. The number of halogens is 6. The van der Waals surface area contributed by atoms with E-state index in [1.54, 1.807) is 0 Å². The van der Waals surface area contributed by atoms with E-state index in [-0.39, 0.29) is 37.9 Å². The number of alkyl halides is 6. The summed E-state index contributed by atoms with van der Waals surface area (Å²) in [5, 5.41) is 9.14. The lowest BCUT2D eigenvalue weighted by molar-refractivity contribution is -0.137. The minimum absolute atomic E-state index is 0.0634. The molecule has 0 saturated carbocycles. The van der Waals surface area contributed by atoms with Crippen molar-refractivity contribution in [3.05, 3.63) is 41.1 Å². The maximum absolute atomic E-state index is 12.9. The summed E-state index contributed by atoms with van der Waals surface area (Å²) < 4.78 is 87.8. The Morgan fingerprint density at radius 2 is 1.97 bits per heavy atom. The minimum Gasteiger partial charge on any atom is -0.491 e. The molecule has 4 rings (SSSR count). The summed E-state index contributed by atoms with van der Waals surface area (Å²) in [6.45, 7) is -0.583. The Morgan fingerprint density at radius 3 is 2.67 bits per heavy atom. The van der Waals surface area contributed by atoms with Crippen LogP contribution in [-0.2, 0) is 19.1 Å². The van der Waals surface area contributed by atoms with Gasteiger partial charge in [0.15, 0.2) is 5.69 Å². The Balaban J connectivity index is 1.29. The predicted molar refractivity (Wildman–Crippen MR) is 102 cm³/mol. The first-order chi connectivity index (χ1) is 15.5. The Bertz CT molecular complexity index is 997. The number of hydrogen-bond donors (Lipinski definition) is 2. The lowest BCUT2D eigenvalue weighted by atomic mass is 10.00.